The van der Waals surface area contributed by atoms with Gasteiger partial charge in [0.05, 0.1) is 24.0 Å². The molecule has 0 aromatic carbocycles. The summed E-state index contributed by atoms with van der Waals surface area (Å²) in [6.45, 7) is 3.06. The third-order valence-electron chi connectivity index (χ3n) is 10.3. The number of aryl methyl sites for hydroxylation is 4. The molecule has 370 valence electrons. The predicted octanol–water partition coefficient (Wildman–Crippen LogP) is -0.589. The number of hydrogen-bond donors (Lipinski definition) is 10. The van der Waals surface area contributed by atoms with Crippen LogP contribution in [0, 0.1) is 0 Å². The Morgan fingerprint density at radius 1 is 0.609 bits per heavy atom. The highest BCUT2D eigenvalue weighted by molar-refractivity contribution is 6.04. The molecule has 26 heteroatoms. The molecule has 0 saturated heterocycles. The second-order valence-electron chi connectivity index (χ2n) is 16.1. The fraction of sp³-hybridized carbons (Fsp3) is 0.419. The molecule has 0 radical (unpaired) electrons. The normalized spacial score (nSPS) is 10.9. The van der Waals surface area contributed by atoms with Crippen LogP contribution in [0.25, 0.3) is 0 Å². The Hall–Kier alpha value is -8.13. The SMILES string of the molecule is CN(CCCN)CCCNC(=O)CCNC(=O)Cc1ncc(NC(=O)CCNC(=O)c2cc(NC(=O)c3nc(NC(=O)CCNC(=O)c4cc(NC(=O)c5nccn5C)cn4C)cn3C)cn2C)[nH]1. The van der Waals surface area contributed by atoms with E-state index in [0.717, 1.165) is 25.9 Å². The van der Waals surface area contributed by atoms with E-state index in [4.69, 9.17) is 5.73 Å². The molecule has 5 aromatic rings. The molecule has 0 saturated carbocycles. The van der Waals surface area contributed by atoms with Crippen molar-refractivity contribution < 1.29 is 38.4 Å². The van der Waals surface area contributed by atoms with Crippen LogP contribution in [0.1, 0.15) is 80.1 Å². The van der Waals surface area contributed by atoms with E-state index in [1.165, 1.54) is 50.6 Å². The average molecular weight is 957 g/mol. The van der Waals surface area contributed by atoms with Crippen molar-refractivity contribution in [2.45, 2.75) is 38.5 Å². The number of nitrogens with one attached hydrogen (secondary N) is 9. The number of amides is 8. The van der Waals surface area contributed by atoms with Crippen molar-refractivity contribution in [2.24, 2.45) is 33.9 Å². The first kappa shape index (κ1) is 51.8. The Morgan fingerprint density at radius 2 is 1.17 bits per heavy atom. The molecular weight excluding hydrogens is 897 g/mol. The van der Waals surface area contributed by atoms with Gasteiger partial charge in [-0.1, -0.05) is 0 Å². The van der Waals surface area contributed by atoms with E-state index < -0.39 is 35.4 Å². The molecule has 26 nitrogen and oxygen atoms in total. The zero-order chi connectivity index (χ0) is 50.0. The maximum absolute atomic E-state index is 13.2. The maximum Gasteiger partial charge on any atom is 0.291 e. The zero-order valence-corrected chi connectivity index (χ0v) is 39.2. The van der Waals surface area contributed by atoms with Gasteiger partial charge in [0.25, 0.3) is 23.6 Å². The molecule has 0 unspecified atom stereocenters. The number of imidazole rings is 3. The lowest BCUT2D eigenvalue weighted by Crippen LogP contribution is -2.33. The number of rotatable bonds is 26. The topological polar surface area (TPSA) is 336 Å². The summed E-state index contributed by atoms with van der Waals surface area (Å²) in [5.74, 6) is -2.60. The van der Waals surface area contributed by atoms with Crippen molar-refractivity contribution in [1.29, 1.82) is 0 Å². The highest BCUT2D eigenvalue weighted by atomic mass is 16.2. The molecule has 5 rings (SSSR count). The van der Waals surface area contributed by atoms with Gasteiger partial charge in [0.15, 0.2) is 11.6 Å². The molecule has 0 atom stereocenters. The first-order chi connectivity index (χ1) is 33.0. The summed E-state index contributed by atoms with van der Waals surface area (Å²) in [5, 5.41) is 21.5. The van der Waals surface area contributed by atoms with Gasteiger partial charge >= 0.3 is 0 Å². The van der Waals surface area contributed by atoms with Crippen LogP contribution in [0.3, 0.4) is 0 Å². The summed E-state index contributed by atoms with van der Waals surface area (Å²) in [6.07, 6.45) is 10.6. The molecule has 5 heterocycles. The predicted molar refractivity (Wildman–Crippen MR) is 253 cm³/mol. The second kappa shape index (κ2) is 25.1. The smallest absolute Gasteiger partial charge is 0.291 e. The average Bonchev–Trinajstić information content (AvgIpc) is 4.14. The van der Waals surface area contributed by atoms with Crippen molar-refractivity contribution in [3.8, 4) is 0 Å². The number of nitrogens with zero attached hydrogens (tertiary/aromatic N) is 8. The number of anilines is 4. The number of carbonyl (C=O) groups excluding carboxylic acids is 8. The maximum atomic E-state index is 13.2. The number of H-pyrrole nitrogens is 1. The third-order valence-corrected chi connectivity index (χ3v) is 10.3. The van der Waals surface area contributed by atoms with Gasteiger partial charge in [-0.3, -0.25) is 38.4 Å². The Kier molecular flexibility index (Phi) is 18.9. The van der Waals surface area contributed by atoms with Crippen molar-refractivity contribution in [3.05, 3.63) is 78.2 Å². The molecule has 0 fully saturated rings. The minimum atomic E-state index is -0.621. The number of aromatic nitrogens is 8. The summed E-state index contributed by atoms with van der Waals surface area (Å²) in [6, 6.07) is 2.95. The number of nitrogens with two attached hydrogens (primary N) is 1. The van der Waals surface area contributed by atoms with Crippen molar-refractivity contribution >= 4 is 70.3 Å². The van der Waals surface area contributed by atoms with E-state index in [1.807, 2.05) is 7.05 Å². The van der Waals surface area contributed by atoms with Gasteiger partial charge in [-0.15, -0.1) is 0 Å². The minimum absolute atomic E-state index is 0.0150. The van der Waals surface area contributed by atoms with E-state index in [-0.39, 0.29) is 97.5 Å². The molecule has 69 heavy (non-hydrogen) atoms. The zero-order valence-electron chi connectivity index (χ0n) is 39.2. The van der Waals surface area contributed by atoms with Gasteiger partial charge in [0, 0.05) is 105 Å². The van der Waals surface area contributed by atoms with Crippen LogP contribution in [-0.2, 0) is 53.8 Å². The number of hydrogen-bond acceptors (Lipinski definition) is 13. The highest BCUT2D eigenvalue weighted by Crippen LogP contribution is 2.17. The Morgan fingerprint density at radius 3 is 1.78 bits per heavy atom. The van der Waals surface area contributed by atoms with Crippen molar-refractivity contribution in [1.82, 2.24) is 64.4 Å². The van der Waals surface area contributed by atoms with Crippen LogP contribution in [0.4, 0.5) is 23.0 Å². The summed E-state index contributed by atoms with van der Waals surface area (Å²) in [4.78, 5) is 119. The molecule has 5 aromatic heterocycles. The van der Waals surface area contributed by atoms with Crippen molar-refractivity contribution in [2.75, 3.05) is 74.1 Å². The lowest BCUT2D eigenvalue weighted by Gasteiger charge is -2.15. The van der Waals surface area contributed by atoms with E-state index in [2.05, 4.69) is 67.4 Å². The van der Waals surface area contributed by atoms with Crippen molar-refractivity contribution in [3.63, 3.8) is 0 Å². The summed E-state index contributed by atoms with van der Waals surface area (Å²) >= 11 is 0. The van der Waals surface area contributed by atoms with Crippen LogP contribution >= 0.6 is 0 Å². The molecule has 11 N–H and O–H groups in total. The van der Waals surface area contributed by atoms with E-state index in [1.54, 1.807) is 45.2 Å². The fourth-order valence-electron chi connectivity index (χ4n) is 6.78. The Bertz CT molecular complexity index is 2620. The summed E-state index contributed by atoms with van der Waals surface area (Å²) in [5.41, 5.74) is 6.65. The molecule has 0 bridgehead atoms. The summed E-state index contributed by atoms with van der Waals surface area (Å²) < 4.78 is 6.01. The molecule has 0 spiro atoms. The van der Waals surface area contributed by atoms with E-state index >= 15 is 0 Å². The molecule has 0 aliphatic carbocycles. The molecule has 0 aliphatic rings. The molecule has 0 aliphatic heterocycles. The van der Waals surface area contributed by atoms with Crippen LogP contribution in [-0.4, -0.2) is 143 Å². The second-order valence-corrected chi connectivity index (χ2v) is 16.1. The molecule has 8 amide bonds. The largest absolute Gasteiger partial charge is 0.356 e. The lowest BCUT2D eigenvalue weighted by atomic mass is 10.3. The first-order valence-corrected chi connectivity index (χ1v) is 22.1. The monoisotopic (exact) mass is 956 g/mol. The van der Waals surface area contributed by atoms with E-state index in [0.29, 0.717) is 24.6 Å². The third kappa shape index (κ3) is 16.0. The van der Waals surface area contributed by atoms with Gasteiger partial charge in [0.2, 0.25) is 29.5 Å². The summed E-state index contributed by atoms with van der Waals surface area (Å²) in [7, 11) is 8.51. The van der Waals surface area contributed by atoms with Gasteiger partial charge < -0.3 is 76.4 Å². The minimum Gasteiger partial charge on any atom is -0.356 e. The highest BCUT2D eigenvalue weighted by Gasteiger charge is 2.20. The quantitative estimate of drug-likeness (QED) is 0.0311. The standard InChI is InChI=1S/C43H60N18O8/c1-57(17-6-11-44)18-7-12-45-34(62)8-13-46-37(65)22-31-50-23-32(53-31)54-35(63)9-14-48-41(67)30-21-28(25-60(30)4)52-43(69)39-56-33(26-61(39)5)55-36(64)10-15-49-40(66)29-20-27(24-59(29)3)51-42(68)38-47-16-19-58(38)2/h16,19-21,23-26H,6-15,17-18,22,44H2,1-5H3,(H,45,62)(H,46,65)(H,48,67)(H,49,66)(H,50,53)(H,51,68)(H,52,69)(H,54,63)(H,55,64). The Balaban J connectivity index is 0.968. The first-order valence-electron chi connectivity index (χ1n) is 22.1. The van der Waals surface area contributed by atoms with Crippen LogP contribution in [0.2, 0.25) is 0 Å². The fourth-order valence-corrected chi connectivity index (χ4v) is 6.78. The van der Waals surface area contributed by atoms with Crippen LogP contribution in [0.15, 0.2) is 49.3 Å². The van der Waals surface area contributed by atoms with Gasteiger partial charge in [-0.25, -0.2) is 15.0 Å². The number of carbonyl (C=O) groups is 8. The van der Waals surface area contributed by atoms with Gasteiger partial charge in [0.1, 0.15) is 23.0 Å². The van der Waals surface area contributed by atoms with E-state index in [9.17, 15) is 38.4 Å². The lowest BCUT2D eigenvalue weighted by molar-refractivity contribution is -0.122. The molecular formula is C43H60N18O8. The van der Waals surface area contributed by atoms with Crippen LogP contribution in [0.5, 0.6) is 0 Å². The van der Waals surface area contributed by atoms with Crippen LogP contribution < -0.4 is 48.3 Å². The Labute approximate surface area is 396 Å². The van der Waals surface area contributed by atoms with Gasteiger partial charge in [-0.2, -0.15) is 0 Å². The number of aromatic amines is 1. The van der Waals surface area contributed by atoms with Gasteiger partial charge in [-0.05, 0) is 51.7 Å².